The maximum absolute atomic E-state index is 3.08. The van der Waals surface area contributed by atoms with Crippen LogP contribution in [0.2, 0.25) is 0 Å². The number of rotatable bonds is 2. The molecule has 0 N–H and O–H groups in total. The lowest BCUT2D eigenvalue weighted by atomic mass is 10.0. The van der Waals surface area contributed by atoms with E-state index in [2.05, 4.69) is 31.8 Å². The first-order chi connectivity index (χ1) is 4.75. The van der Waals surface area contributed by atoms with Crippen molar-refractivity contribution in [1.29, 1.82) is 0 Å². The molecule has 0 amide bonds. The molecule has 0 spiro atoms. The lowest BCUT2D eigenvalue weighted by Gasteiger charge is -2.00. The molecule has 54 valence electrons. The van der Waals surface area contributed by atoms with Gasteiger partial charge in [0.25, 0.3) is 0 Å². The molecule has 0 saturated heterocycles. The molecule has 0 aromatic heterocycles. The normalized spacial score (nSPS) is 21.6. The van der Waals surface area contributed by atoms with E-state index in [0.717, 1.165) is 18.3 Å². The molecule has 1 rings (SSSR count). The SMILES string of the molecule is CC#CCC1=CC1C(C)C. The van der Waals surface area contributed by atoms with Crippen LogP contribution in [0.3, 0.4) is 0 Å². The summed E-state index contributed by atoms with van der Waals surface area (Å²) in [6.07, 6.45) is 3.33. The van der Waals surface area contributed by atoms with Gasteiger partial charge in [-0.1, -0.05) is 31.4 Å². The van der Waals surface area contributed by atoms with Crippen molar-refractivity contribution >= 4 is 0 Å². The average molecular weight is 134 g/mol. The quantitative estimate of drug-likeness (QED) is 0.402. The van der Waals surface area contributed by atoms with Crippen LogP contribution in [-0.2, 0) is 0 Å². The summed E-state index contributed by atoms with van der Waals surface area (Å²) in [5.41, 5.74) is 1.55. The molecule has 0 heteroatoms. The summed E-state index contributed by atoms with van der Waals surface area (Å²) in [5, 5.41) is 0. The van der Waals surface area contributed by atoms with Crippen molar-refractivity contribution in [2.75, 3.05) is 0 Å². The van der Waals surface area contributed by atoms with E-state index in [1.807, 2.05) is 6.92 Å². The van der Waals surface area contributed by atoms with Crippen LogP contribution in [-0.4, -0.2) is 0 Å². The first kappa shape index (κ1) is 7.41. The van der Waals surface area contributed by atoms with Crippen molar-refractivity contribution in [2.24, 2.45) is 11.8 Å². The molecule has 0 nitrogen and oxygen atoms in total. The van der Waals surface area contributed by atoms with Crippen LogP contribution < -0.4 is 0 Å². The molecule has 1 atom stereocenters. The largest absolute Gasteiger partial charge is 0.106 e. The fourth-order valence-electron chi connectivity index (χ4n) is 1.17. The fourth-order valence-corrected chi connectivity index (χ4v) is 1.17. The fraction of sp³-hybridized carbons (Fsp3) is 0.600. The molecular formula is C10H14. The summed E-state index contributed by atoms with van der Waals surface area (Å²) in [4.78, 5) is 0. The molecular weight excluding hydrogens is 120 g/mol. The zero-order chi connectivity index (χ0) is 7.56. The Morgan fingerprint density at radius 3 is 2.70 bits per heavy atom. The molecule has 0 aromatic rings. The molecule has 10 heavy (non-hydrogen) atoms. The summed E-state index contributed by atoms with van der Waals surface area (Å²) in [6, 6.07) is 0. The van der Waals surface area contributed by atoms with Crippen LogP contribution in [0.1, 0.15) is 27.2 Å². The zero-order valence-electron chi connectivity index (χ0n) is 6.94. The third-order valence-corrected chi connectivity index (χ3v) is 1.90. The highest BCUT2D eigenvalue weighted by atomic mass is 14.3. The minimum absolute atomic E-state index is 0.779. The van der Waals surface area contributed by atoms with Crippen molar-refractivity contribution in [3.05, 3.63) is 11.6 Å². The second-order valence-electron chi connectivity index (χ2n) is 3.11. The molecule has 0 radical (unpaired) electrons. The predicted octanol–water partition coefficient (Wildman–Crippen LogP) is 2.61. The van der Waals surface area contributed by atoms with Gasteiger partial charge in [-0.15, -0.1) is 5.92 Å². The van der Waals surface area contributed by atoms with Crippen LogP contribution >= 0.6 is 0 Å². The van der Waals surface area contributed by atoms with E-state index in [1.165, 1.54) is 0 Å². The maximum atomic E-state index is 3.08. The highest BCUT2D eigenvalue weighted by Crippen LogP contribution is 2.37. The molecule has 1 unspecified atom stereocenters. The van der Waals surface area contributed by atoms with E-state index >= 15 is 0 Å². The van der Waals surface area contributed by atoms with Crippen LogP contribution in [0.25, 0.3) is 0 Å². The van der Waals surface area contributed by atoms with Gasteiger partial charge in [-0.3, -0.25) is 0 Å². The van der Waals surface area contributed by atoms with Crippen molar-refractivity contribution in [3.8, 4) is 11.8 Å². The Bertz CT molecular complexity index is 198. The van der Waals surface area contributed by atoms with E-state index in [4.69, 9.17) is 0 Å². The summed E-state index contributed by atoms with van der Waals surface area (Å²) in [6.45, 7) is 6.41. The summed E-state index contributed by atoms with van der Waals surface area (Å²) in [7, 11) is 0. The number of hydrogen-bond donors (Lipinski definition) is 0. The van der Waals surface area contributed by atoms with Gasteiger partial charge < -0.3 is 0 Å². The Hall–Kier alpha value is -0.700. The van der Waals surface area contributed by atoms with Gasteiger partial charge >= 0.3 is 0 Å². The van der Waals surface area contributed by atoms with Crippen LogP contribution in [0.4, 0.5) is 0 Å². The predicted molar refractivity (Wildman–Crippen MR) is 44.5 cm³/mol. The van der Waals surface area contributed by atoms with Gasteiger partial charge in [-0.2, -0.15) is 0 Å². The number of hydrogen-bond acceptors (Lipinski definition) is 0. The molecule has 1 aliphatic carbocycles. The second-order valence-corrected chi connectivity index (χ2v) is 3.11. The van der Waals surface area contributed by atoms with Gasteiger partial charge in [-0.25, -0.2) is 0 Å². The minimum Gasteiger partial charge on any atom is -0.106 e. The summed E-state index contributed by atoms with van der Waals surface area (Å²) in [5.74, 6) is 7.55. The Labute approximate surface area is 63.3 Å². The van der Waals surface area contributed by atoms with Crippen LogP contribution in [0.5, 0.6) is 0 Å². The van der Waals surface area contributed by atoms with Crippen LogP contribution in [0, 0.1) is 23.7 Å². The second kappa shape index (κ2) is 2.92. The van der Waals surface area contributed by atoms with Crippen molar-refractivity contribution < 1.29 is 0 Å². The minimum atomic E-state index is 0.779. The first-order valence-corrected chi connectivity index (χ1v) is 3.86. The molecule has 0 aromatic carbocycles. The van der Waals surface area contributed by atoms with E-state index in [0.29, 0.717) is 0 Å². The topological polar surface area (TPSA) is 0 Å². The maximum Gasteiger partial charge on any atom is 0.0305 e. The Morgan fingerprint density at radius 2 is 2.30 bits per heavy atom. The molecule has 0 heterocycles. The van der Waals surface area contributed by atoms with Gasteiger partial charge in [0.05, 0.1) is 0 Å². The van der Waals surface area contributed by atoms with Crippen LogP contribution in [0.15, 0.2) is 11.6 Å². The molecule has 1 aliphatic rings. The van der Waals surface area contributed by atoms with Gasteiger partial charge in [0.2, 0.25) is 0 Å². The Kier molecular flexibility index (Phi) is 2.17. The Morgan fingerprint density at radius 1 is 1.60 bits per heavy atom. The van der Waals surface area contributed by atoms with Gasteiger partial charge in [0, 0.05) is 12.3 Å². The standard InChI is InChI=1S/C10H14/c1-4-5-6-9-7-10(9)8(2)3/h7-8,10H,6H2,1-3H3. The monoisotopic (exact) mass is 134 g/mol. The Balaban J connectivity index is 2.23. The third-order valence-electron chi connectivity index (χ3n) is 1.90. The lowest BCUT2D eigenvalue weighted by Crippen LogP contribution is -1.92. The highest BCUT2D eigenvalue weighted by Gasteiger charge is 2.25. The molecule has 0 bridgehead atoms. The third kappa shape index (κ3) is 1.64. The van der Waals surface area contributed by atoms with E-state index in [1.54, 1.807) is 5.57 Å². The number of allylic oxidation sites excluding steroid dienone is 2. The smallest absolute Gasteiger partial charge is 0.0305 e. The van der Waals surface area contributed by atoms with Crippen molar-refractivity contribution in [1.82, 2.24) is 0 Å². The van der Waals surface area contributed by atoms with Crippen molar-refractivity contribution in [3.63, 3.8) is 0 Å². The average Bonchev–Trinajstić information content (AvgIpc) is 2.62. The summed E-state index contributed by atoms with van der Waals surface area (Å²) < 4.78 is 0. The lowest BCUT2D eigenvalue weighted by molar-refractivity contribution is 0.585. The van der Waals surface area contributed by atoms with E-state index < -0.39 is 0 Å². The molecule has 0 fully saturated rings. The van der Waals surface area contributed by atoms with Gasteiger partial charge in [0.15, 0.2) is 0 Å². The molecule has 0 saturated carbocycles. The molecule has 0 aliphatic heterocycles. The highest BCUT2D eigenvalue weighted by molar-refractivity contribution is 5.33. The van der Waals surface area contributed by atoms with E-state index in [-0.39, 0.29) is 0 Å². The van der Waals surface area contributed by atoms with Gasteiger partial charge in [0.1, 0.15) is 0 Å². The van der Waals surface area contributed by atoms with E-state index in [9.17, 15) is 0 Å². The zero-order valence-corrected chi connectivity index (χ0v) is 6.94. The van der Waals surface area contributed by atoms with Gasteiger partial charge in [-0.05, 0) is 12.8 Å². The van der Waals surface area contributed by atoms with Crippen molar-refractivity contribution in [2.45, 2.75) is 27.2 Å². The first-order valence-electron chi connectivity index (χ1n) is 3.86. The summed E-state index contributed by atoms with van der Waals surface area (Å²) >= 11 is 0.